The number of hydrogen-bond donors (Lipinski definition) is 0. The van der Waals surface area contributed by atoms with E-state index in [2.05, 4.69) is 0 Å². The van der Waals surface area contributed by atoms with Gasteiger partial charge in [-0.3, -0.25) is 4.79 Å². The van der Waals surface area contributed by atoms with Crippen LogP contribution in [0.5, 0.6) is 11.5 Å². The van der Waals surface area contributed by atoms with Gasteiger partial charge >= 0.3 is 0 Å². The predicted molar refractivity (Wildman–Crippen MR) is 85.7 cm³/mol. The summed E-state index contributed by atoms with van der Waals surface area (Å²) in [4.78, 5) is 14.1. The van der Waals surface area contributed by atoms with Crippen LogP contribution in [-0.4, -0.2) is 37.1 Å². The maximum Gasteiger partial charge on any atom is 0.247 e. The lowest BCUT2D eigenvalue weighted by Crippen LogP contribution is -2.41. The SMILES string of the molecule is COc1ccc(C=CC(=O)N(C(C)C)C(C)C)cc1OC. The highest BCUT2D eigenvalue weighted by Crippen LogP contribution is 2.28. The van der Waals surface area contributed by atoms with Gasteiger partial charge in [-0.2, -0.15) is 0 Å². The van der Waals surface area contributed by atoms with Crippen molar-refractivity contribution in [2.75, 3.05) is 14.2 Å². The molecule has 1 rings (SSSR count). The zero-order chi connectivity index (χ0) is 16.0. The highest BCUT2D eigenvalue weighted by atomic mass is 16.5. The number of hydrogen-bond acceptors (Lipinski definition) is 3. The normalized spacial score (nSPS) is 11.2. The maximum atomic E-state index is 12.3. The van der Waals surface area contributed by atoms with E-state index in [4.69, 9.17) is 9.47 Å². The average Bonchev–Trinajstić information content (AvgIpc) is 2.43. The molecule has 0 aliphatic heterocycles. The van der Waals surface area contributed by atoms with Gasteiger partial charge < -0.3 is 14.4 Å². The summed E-state index contributed by atoms with van der Waals surface area (Å²) in [5, 5.41) is 0. The molecule has 4 heteroatoms. The van der Waals surface area contributed by atoms with Crippen LogP contribution in [0.1, 0.15) is 33.3 Å². The summed E-state index contributed by atoms with van der Waals surface area (Å²) in [6.07, 6.45) is 3.39. The molecule has 0 spiro atoms. The molecule has 0 aliphatic carbocycles. The van der Waals surface area contributed by atoms with Crippen LogP contribution in [0.15, 0.2) is 24.3 Å². The summed E-state index contributed by atoms with van der Waals surface area (Å²) in [5.41, 5.74) is 0.897. The van der Waals surface area contributed by atoms with Gasteiger partial charge in [-0.15, -0.1) is 0 Å². The van der Waals surface area contributed by atoms with Crippen molar-refractivity contribution in [1.82, 2.24) is 4.90 Å². The molecule has 21 heavy (non-hydrogen) atoms. The predicted octanol–water partition coefficient (Wildman–Crippen LogP) is 3.36. The van der Waals surface area contributed by atoms with E-state index in [1.165, 1.54) is 0 Å². The highest BCUT2D eigenvalue weighted by molar-refractivity contribution is 5.92. The first-order chi connectivity index (χ1) is 9.90. The van der Waals surface area contributed by atoms with Crippen molar-refractivity contribution in [3.05, 3.63) is 29.8 Å². The van der Waals surface area contributed by atoms with Crippen LogP contribution in [0.25, 0.3) is 6.08 Å². The molecule has 0 saturated heterocycles. The second kappa shape index (κ2) is 7.72. The monoisotopic (exact) mass is 291 g/mol. The first-order valence-electron chi connectivity index (χ1n) is 7.13. The van der Waals surface area contributed by atoms with E-state index >= 15 is 0 Å². The minimum Gasteiger partial charge on any atom is -0.493 e. The Balaban J connectivity index is 2.92. The lowest BCUT2D eigenvalue weighted by atomic mass is 10.1. The summed E-state index contributed by atoms with van der Waals surface area (Å²) in [5.74, 6) is 1.33. The number of benzene rings is 1. The molecule has 0 unspecified atom stereocenters. The van der Waals surface area contributed by atoms with Crippen LogP contribution in [0.4, 0.5) is 0 Å². The van der Waals surface area contributed by atoms with Gasteiger partial charge in [0.15, 0.2) is 11.5 Å². The molecule has 0 N–H and O–H groups in total. The summed E-state index contributed by atoms with van der Waals surface area (Å²) in [6, 6.07) is 5.91. The molecule has 0 atom stereocenters. The lowest BCUT2D eigenvalue weighted by Gasteiger charge is -2.29. The van der Waals surface area contributed by atoms with Gasteiger partial charge in [-0.1, -0.05) is 6.07 Å². The van der Waals surface area contributed by atoms with Crippen LogP contribution >= 0.6 is 0 Å². The molecule has 0 radical (unpaired) electrons. The standard InChI is InChI=1S/C17H25NO3/c1-12(2)18(13(3)4)17(19)10-8-14-7-9-15(20-5)16(11-14)21-6/h7-13H,1-6H3. The fraction of sp³-hybridized carbons (Fsp3) is 0.471. The minimum absolute atomic E-state index is 0.00906. The van der Waals surface area contributed by atoms with E-state index < -0.39 is 0 Å². The Kier molecular flexibility index (Phi) is 6.28. The van der Waals surface area contributed by atoms with Gasteiger partial charge in [0.25, 0.3) is 0 Å². The summed E-state index contributed by atoms with van der Waals surface area (Å²) in [7, 11) is 3.19. The summed E-state index contributed by atoms with van der Waals surface area (Å²) in [6.45, 7) is 8.06. The third kappa shape index (κ3) is 4.52. The zero-order valence-corrected chi connectivity index (χ0v) is 13.7. The fourth-order valence-corrected chi connectivity index (χ4v) is 2.32. The molecule has 1 aromatic rings. The number of rotatable bonds is 6. The van der Waals surface area contributed by atoms with Gasteiger partial charge in [0.05, 0.1) is 14.2 Å². The molecule has 1 aromatic carbocycles. The summed E-state index contributed by atoms with van der Waals surface area (Å²) >= 11 is 0. The second-order valence-corrected chi connectivity index (χ2v) is 5.38. The van der Waals surface area contributed by atoms with E-state index in [0.717, 1.165) is 5.56 Å². The number of amides is 1. The molecule has 0 fully saturated rings. The van der Waals surface area contributed by atoms with Crippen molar-refractivity contribution in [2.24, 2.45) is 0 Å². The molecule has 116 valence electrons. The van der Waals surface area contributed by atoms with Crippen molar-refractivity contribution in [3.63, 3.8) is 0 Å². The Bertz CT molecular complexity index is 499. The van der Waals surface area contributed by atoms with E-state index in [9.17, 15) is 4.79 Å². The first kappa shape index (κ1) is 17.1. The van der Waals surface area contributed by atoms with Gasteiger partial charge in [0.2, 0.25) is 5.91 Å². The Morgan fingerprint density at radius 2 is 1.62 bits per heavy atom. The van der Waals surface area contributed by atoms with Gasteiger partial charge in [0.1, 0.15) is 0 Å². The van der Waals surface area contributed by atoms with Crippen molar-refractivity contribution in [3.8, 4) is 11.5 Å². The molecule has 0 bridgehead atoms. The number of methoxy groups -OCH3 is 2. The van der Waals surface area contributed by atoms with E-state index in [1.54, 1.807) is 26.4 Å². The Labute approximate surface area is 127 Å². The molecule has 4 nitrogen and oxygen atoms in total. The van der Waals surface area contributed by atoms with Gasteiger partial charge in [-0.05, 0) is 51.5 Å². The number of carbonyl (C=O) groups excluding carboxylic acids is 1. The summed E-state index contributed by atoms with van der Waals surface area (Å²) < 4.78 is 10.4. The van der Waals surface area contributed by atoms with E-state index in [-0.39, 0.29) is 18.0 Å². The molecule has 0 aliphatic rings. The lowest BCUT2D eigenvalue weighted by molar-refractivity contribution is -0.129. The third-order valence-corrected chi connectivity index (χ3v) is 3.19. The second-order valence-electron chi connectivity index (χ2n) is 5.38. The molecule has 0 heterocycles. The van der Waals surface area contributed by atoms with E-state index in [1.807, 2.05) is 50.8 Å². The van der Waals surface area contributed by atoms with Crippen LogP contribution in [0.2, 0.25) is 0 Å². The molecule has 1 amide bonds. The largest absolute Gasteiger partial charge is 0.493 e. The maximum absolute atomic E-state index is 12.3. The minimum atomic E-state index is 0.00906. The molecular formula is C17H25NO3. The Morgan fingerprint density at radius 1 is 1.05 bits per heavy atom. The smallest absolute Gasteiger partial charge is 0.247 e. The zero-order valence-electron chi connectivity index (χ0n) is 13.7. The van der Waals surface area contributed by atoms with Crippen molar-refractivity contribution in [2.45, 2.75) is 39.8 Å². The highest BCUT2D eigenvalue weighted by Gasteiger charge is 2.17. The number of ether oxygens (including phenoxy) is 2. The van der Waals surface area contributed by atoms with Crippen LogP contribution < -0.4 is 9.47 Å². The van der Waals surface area contributed by atoms with Crippen molar-refractivity contribution >= 4 is 12.0 Å². The number of nitrogens with zero attached hydrogens (tertiary/aromatic N) is 1. The molecule has 0 aromatic heterocycles. The van der Waals surface area contributed by atoms with Crippen LogP contribution in [-0.2, 0) is 4.79 Å². The average molecular weight is 291 g/mol. The third-order valence-electron chi connectivity index (χ3n) is 3.19. The van der Waals surface area contributed by atoms with Gasteiger partial charge in [0, 0.05) is 18.2 Å². The first-order valence-corrected chi connectivity index (χ1v) is 7.13. The molecular weight excluding hydrogens is 266 g/mol. The topological polar surface area (TPSA) is 38.8 Å². The number of carbonyl (C=O) groups is 1. The van der Waals surface area contributed by atoms with E-state index in [0.29, 0.717) is 11.5 Å². The van der Waals surface area contributed by atoms with Crippen LogP contribution in [0, 0.1) is 0 Å². The Morgan fingerprint density at radius 3 is 2.10 bits per heavy atom. The van der Waals surface area contributed by atoms with Crippen molar-refractivity contribution in [1.29, 1.82) is 0 Å². The molecule has 0 saturated carbocycles. The Hall–Kier alpha value is -1.97. The fourth-order valence-electron chi connectivity index (χ4n) is 2.32. The van der Waals surface area contributed by atoms with Crippen molar-refractivity contribution < 1.29 is 14.3 Å². The van der Waals surface area contributed by atoms with Gasteiger partial charge in [-0.25, -0.2) is 0 Å². The van der Waals surface area contributed by atoms with Crippen LogP contribution in [0.3, 0.4) is 0 Å². The quantitative estimate of drug-likeness (QED) is 0.754.